The van der Waals surface area contributed by atoms with E-state index >= 15 is 0 Å². The Labute approximate surface area is 120 Å². The summed E-state index contributed by atoms with van der Waals surface area (Å²) in [6.45, 7) is 2.31. The zero-order valence-electron chi connectivity index (χ0n) is 11.6. The molecule has 1 fully saturated rings. The summed E-state index contributed by atoms with van der Waals surface area (Å²) in [6.07, 6.45) is 2.80. The van der Waals surface area contributed by atoms with Crippen molar-refractivity contribution in [1.29, 1.82) is 0 Å². The highest BCUT2D eigenvalue weighted by Crippen LogP contribution is 2.31. The zero-order valence-corrected chi connectivity index (χ0v) is 12.5. The van der Waals surface area contributed by atoms with Gasteiger partial charge >= 0.3 is 0 Å². The number of aryl methyl sites for hydroxylation is 1. The monoisotopic (exact) mass is 292 g/mol. The Hall–Kier alpha value is -1.51. The van der Waals surface area contributed by atoms with E-state index in [-0.39, 0.29) is 5.75 Å². The number of hydrogen-bond donors (Lipinski definition) is 2. The van der Waals surface area contributed by atoms with E-state index < -0.39 is 10.0 Å². The third-order valence-electron chi connectivity index (χ3n) is 3.24. The molecule has 20 heavy (non-hydrogen) atoms. The van der Waals surface area contributed by atoms with Crippen molar-refractivity contribution >= 4 is 15.7 Å². The molecule has 108 valence electrons. The normalized spacial score (nSPS) is 14.5. The van der Waals surface area contributed by atoms with Crippen molar-refractivity contribution < 1.29 is 8.42 Å². The van der Waals surface area contributed by atoms with Gasteiger partial charge in [0.15, 0.2) is 0 Å². The van der Waals surface area contributed by atoms with Crippen LogP contribution in [0.5, 0.6) is 0 Å². The molecule has 0 aromatic heterocycles. The molecular weight excluding hydrogens is 272 g/mol. The van der Waals surface area contributed by atoms with Crippen molar-refractivity contribution in [1.82, 2.24) is 0 Å². The summed E-state index contributed by atoms with van der Waals surface area (Å²) in [7, 11) is -3.24. The molecule has 0 saturated heterocycles. The number of nitrogens with one attached hydrogen (secondary N) is 1. The highest BCUT2D eigenvalue weighted by molar-refractivity contribution is 7.92. The van der Waals surface area contributed by atoms with Crippen LogP contribution in [0.2, 0.25) is 0 Å². The van der Waals surface area contributed by atoms with Gasteiger partial charge in [-0.3, -0.25) is 4.72 Å². The molecule has 1 aromatic carbocycles. The van der Waals surface area contributed by atoms with Gasteiger partial charge in [0, 0.05) is 5.56 Å². The summed E-state index contributed by atoms with van der Waals surface area (Å²) in [4.78, 5) is 0. The molecule has 0 radical (unpaired) electrons. The quantitative estimate of drug-likeness (QED) is 0.812. The third kappa shape index (κ3) is 4.26. The van der Waals surface area contributed by atoms with Gasteiger partial charge in [0.05, 0.1) is 18.0 Å². The maximum atomic E-state index is 12.0. The van der Waals surface area contributed by atoms with Crippen LogP contribution in [0, 0.1) is 17.8 Å². The van der Waals surface area contributed by atoms with E-state index in [2.05, 4.69) is 16.6 Å². The van der Waals surface area contributed by atoms with Crippen LogP contribution < -0.4 is 10.5 Å². The number of nitrogens with two attached hydrogens (primary N) is 1. The smallest absolute Gasteiger partial charge is 0.233 e. The summed E-state index contributed by atoms with van der Waals surface area (Å²) >= 11 is 0. The fourth-order valence-electron chi connectivity index (χ4n) is 2.02. The van der Waals surface area contributed by atoms with Gasteiger partial charge in [-0.2, -0.15) is 0 Å². The van der Waals surface area contributed by atoms with Crippen LogP contribution in [-0.2, 0) is 16.4 Å². The van der Waals surface area contributed by atoms with Crippen LogP contribution in [0.15, 0.2) is 18.2 Å². The van der Waals surface area contributed by atoms with Crippen molar-refractivity contribution in [3.63, 3.8) is 0 Å². The first kappa shape index (κ1) is 14.9. The number of hydrogen-bond acceptors (Lipinski definition) is 3. The largest absolute Gasteiger partial charge is 0.320 e. The fourth-order valence-corrected chi connectivity index (χ4v) is 3.59. The maximum Gasteiger partial charge on any atom is 0.233 e. The van der Waals surface area contributed by atoms with E-state index in [1.807, 2.05) is 19.1 Å². The average Bonchev–Trinajstić information content (AvgIpc) is 3.20. The molecule has 3 N–H and O–H groups in total. The molecule has 0 atom stereocenters. The Morgan fingerprint density at radius 3 is 2.75 bits per heavy atom. The van der Waals surface area contributed by atoms with E-state index in [1.165, 1.54) is 0 Å². The minimum atomic E-state index is -3.24. The molecule has 1 saturated carbocycles. The van der Waals surface area contributed by atoms with Gasteiger partial charge in [-0.15, -0.1) is 0 Å². The molecule has 0 heterocycles. The molecule has 0 unspecified atom stereocenters. The molecule has 0 spiro atoms. The summed E-state index contributed by atoms with van der Waals surface area (Å²) in [5.41, 5.74) is 7.82. The highest BCUT2D eigenvalue weighted by atomic mass is 32.2. The van der Waals surface area contributed by atoms with Crippen molar-refractivity contribution in [2.24, 2.45) is 11.7 Å². The first-order valence-corrected chi connectivity index (χ1v) is 8.51. The highest BCUT2D eigenvalue weighted by Gasteiger charge is 2.28. The van der Waals surface area contributed by atoms with Gasteiger partial charge in [-0.05, 0) is 48.9 Å². The fraction of sp³-hybridized carbons (Fsp3) is 0.467. The molecule has 1 aliphatic rings. The molecule has 1 aliphatic carbocycles. The number of rotatable bonds is 5. The van der Waals surface area contributed by atoms with Crippen LogP contribution >= 0.6 is 0 Å². The van der Waals surface area contributed by atoms with Crippen LogP contribution in [0.3, 0.4) is 0 Å². The topological polar surface area (TPSA) is 72.2 Å². The minimum absolute atomic E-state index is 0.227. The van der Waals surface area contributed by atoms with Crippen LogP contribution in [0.4, 0.5) is 5.69 Å². The second-order valence-corrected chi connectivity index (χ2v) is 6.83. The molecular formula is C15H20N2O2S. The second kappa shape index (κ2) is 6.29. The Morgan fingerprint density at radius 2 is 2.15 bits per heavy atom. The van der Waals surface area contributed by atoms with E-state index in [1.54, 1.807) is 6.07 Å². The standard InChI is InChI=1S/C15H20N2O2S/c1-2-14-10-12(4-3-9-16)7-8-15(14)17-20(18,19)11-13-5-6-13/h7-8,10,13,17H,2,5-6,9,11,16H2,1H3. The van der Waals surface area contributed by atoms with Gasteiger partial charge in [0.2, 0.25) is 10.0 Å². The van der Waals surface area contributed by atoms with Crippen molar-refractivity contribution in [3.05, 3.63) is 29.3 Å². The van der Waals surface area contributed by atoms with Crippen molar-refractivity contribution in [3.8, 4) is 11.8 Å². The minimum Gasteiger partial charge on any atom is -0.320 e. The molecule has 1 aromatic rings. The summed E-state index contributed by atoms with van der Waals surface area (Å²) in [5, 5.41) is 0. The molecule has 2 rings (SSSR count). The van der Waals surface area contributed by atoms with E-state index in [0.717, 1.165) is 30.4 Å². The maximum absolute atomic E-state index is 12.0. The van der Waals surface area contributed by atoms with Crippen molar-refractivity contribution in [2.45, 2.75) is 26.2 Å². The Morgan fingerprint density at radius 1 is 1.40 bits per heavy atom. The molecule has 0 bridgehead atoms. The summed E-state index contributed by atoms with van der Waals surface area (Å²) in [5.74, 6) is 6.32. The first-order valence-electron chi connectivity index (χ1n) is 6.86. The molecule has 5 heteroatoms. The van der Waals surface area contributed by atoms with Gasteiger partial charge in [0.25, 0.3) is 0 Å². The van der Waals surface area contributed by atoms with Gasteiger partial charge in [0.1, 0.15) is 0 Å². The lowest BCUT2D eigenvalue weighted by Crippen LogP contribution is -2.18. The third-order valence-corrected chi connectivity index (χ3v) is 4.68. The van der Waals surface area contributed by atoms with E-state index in [4.69, 9.17) is 5.73 Å². The van der Waals surface area contributed by atoms with E-state index in [9.17, 15) is 8.42 Å². The molecule has 0 amide bonds. The van der Waals surface area contributed by atoms with Crippen LogP contribution in [0.1, 0.15) is 30.9 Å². The lowest BCUT2D eigenvalue weighted by Gasteiger charge is -2.12. The second-order valence-electron chi connectivity index (χ2n) is 5.06. The lowest BCUT2D eigenvalue weighted by molar-refractivity contribution is 0.597. The number of benzene rings is 1. The van der Waals surface area contributed by atoms with Crippen molar-refractivity contribution in [2.75, 3.05) is 17.0 Å². The number of sulfonamides is 1. The van der Waals surface area contributed by atoms with Gasteiger partial charge < -0.3 is 5.73 Å². The van der Waals surface area contributed by atoms with Gasteiger partial charge in [-0.25, -0.2) is 8.42 Å². The first-order chi connectivity index (χ1) is 9.54. The number of anilines is 1. The predicted octanol–water partition coefficient (Wildman–Crippen LogP) is 1.71. The Balaban J connectivity index is 2.18. The Bertz CT molecular complexity index is 638. The molecule has 0 aliphatic heterocycles. The molecule has 4 nitrogen and oxygen atoms in total. The van der Waals surface area contributed by atoms with E-state index in [0.29, 0.717) is 18.2 Å². The summed E-state index contributed by atoms with van der Waals surface area (Å²) in [6, 6.07) is 5.51. The summed E-state index contributed by atoms with van der Waals surface area (Å²) < 4.78 is 26.7. The average molecular weight is 292 g/mol. The lowest BCUT2D eigenvalue weighted by atomic mass is 10.1. The van der Waals surface area contributed by atoms with Crippen LogP contribution in [0.25, 0.3) is 0 Å². The SMILES string of the molecule is CCc1cc(C#CCN)ccc1NS(=O)(=O)CC1CC1. The Kier molecular flexibility index (Phi) is 4.69. The predicted molar refractivity (Wildman–Crippen MR) is 81.9 cm³/mol. The zero-order chi connectivity index (χ0) is 14.6. The van der Waals surface area contributed by atoms with Gasteiger partial charge in [-0.1, -0.05) is 18.8 Å². The van der Waals surface area contributed by atoms with Crippen LogP contribution in [-0.4, -0.2) is 20.7 Å².